The molecule has 0 unspecified atom stereocenters. The number of rotatable bonds is 4. The molecule has 1 atom stereocenters. The number of benzene rings is 2. The minimum Gasteiger partial charge on any atom is -0.493 e. The van der Waals surface area contributed by atoms with Gasteiger partial charge in [-0.15, -0.1) is 0 Å². The predicted octanol–water partition coefficient (Wildman–Crippen LogP) is 2.42. The van der Waals surface area contributed by atoms with E-state index >= 15 is 0 Å². The van der Waals surface area contributed by atoms with Gasteiger partial charge in [0.25, 0.3) is 0 Å². The lowest BCUT2D eigenvalue weighted by molar-refractivity contribution is 0.184. The number of sulfone groups is 1. The summed E-state index contributed by atoms with van der Waals surface area (Å²) in [5.74, 6) is 1.51. The van der Waals surface area contributed by atoms with Crippen LogP contribution in [0.5, 0.6) is 11.5 Å². The molecule has 0 radical (unpaired) electrons. The van der Waals surface area contributed by atoms with E-state index in [0.29, 0.717) is 42.5 Å². The number of urea groups is 1. The van der Waals surface area contributed by atoms with Crippen LogP contribution in [0, 0.1) is 0 Å². The van der Waals surface area contributed by atoms with Crippen molar-refractivity contribution < 1.29 is 22.7 Å². The number of carbonyl (C=O) groups is 1. The summed E-state index contributed by atoms with van der Waals surface area (Å²) < 4.78 is 34.8. The third-order valence-electron chi connectivity index (χ3n) is 7.38. The molecule has 2 aromatic rings. The first-order valence-electron chi connectivity index (χ1n) is 11.6. The number of nitrogens with one attached hydrogen (secondary N) is 1. The normalized spacial score (nSPS) is 21.7. The largest absolute Gasteiger partial charge is 0.493 e. The van der Waals surface area contributed by atoms with E-state index in [4.69, 9.17) is 14.6 Å². The monoisotopic (exact) mass is 498 g/mol. The molecule has 0 bridgehead atoms. The number of nitrogens with zero attached hydrogens (tertiary/aromatic N) is 3. The Bertz CT molecular complexity index is 1300. The van der Waals surface area contributed by atoms with Crippen molar-refractivity contribution in [3.05, 3.63) is 53.1 Å². The van der Waals surface area contributed by atoms with Gasteiger partial charge in [0.05, 0.1) is 31.7 Å². The van der Waals surface area contributed by atoms with Crippen LogP contribution in [0.2, 0.25) is 0 Å². The Kier molecular flexibility index (Phi) is 5.66. The fourth-order valence-electron chi connectivity index (χ4n) is 5.12. The van der Waals surface area contributed by atoms with Gasteiger partial charge >= 0.3 is 6.03 Å². The zero-order valence-corrected chi connectivity index (χ0v) is 21.2. The number of ether oxygens (including phenoxy) is 2. The van der Waals surface area contributed by atoms with E-state index in [1.165, 1.54) is 5.01 Å². The average Bonchev–Trinajstić information content (AvgIpc) is 2.97. The third-order valence-corrected chi connectivity index (χ3v) is 9.90. The van der Waals surface area contributed by atoms with E-state index in [2.05, 4.69) is 10.2 Å². The van der Waals surface area contributed by atoms with Gasteiger partial charge in [0.2, 0.25) is 0 Å². The number of methoxy groups -OCH3 is 2. The fraction of sp³-hybridized carbons (Fsp3) is 0.440. The van der Waals surface area contributed by atoms with Crippen LogP contribution in [0.25, 0.3) is 0 Å². The van der Waals surface area contributed by atoms with Gasteiger partial charge in [0.1, 0.15) is 4.75 Å². The summed E-state index contributed by atoms with van der Waals surface area (Å²) in [5, 5.41) is 8.94. The lowest BCUT2D eigenvalue weighted by atomic mass is 9.92. The van der Waals surface area contributed by atoms with Crippen LogP contribution in [0.15, 0.2) is 41.5 Å². The molecule has 1 N–H and O–H groups in total. The summed E-state index contributed by atoms with van der Waals surface area (Å²) in [6.45, 7) is 3.04. The molecular formula is C25H30N4O5S. The van der Waals surface area contributed by atoms with Gasteiger partial charge in [0, 0.05) is 37.0 Å². The van der Waals surface area contributed by atoms with Crippen LogP contribution >= 0.6 is 0 Å². The smallest absolute Gasteiger partial charge is 0.337 e. The quantitative estimate of drug-likeness (QED) is 0.695. The van der Waals surface area contributed by atoms with E-state index in [-0.39, 0.29) is 12.1 Å². The van der Waals surface area contributed by atoms with Crippen molar-refractivity contribution >= 4 is 27.3 Å². The molecule has 9 nitrogen and oxygen atoms in total. The number of anilines is 1. The molecule has 10 heteroatoms. The number of amides is 2. The minimum atomic E-state index is -2.95. The van der Waals surface area contributed by atoms with Crippen LogP contribution in [-0.4, -0.2) is 76.1 Å². The lowest BCUT2D eigenvalue weighted by Gasteiger charge is -2.55. The molecule has 0 saturated carbocycles. The SMILES string of the molecule is CNC(=O)N1N=C(c2ccc(N3CC4(CCS4(=O)=O)C3)cc2)c2cc(OC)c(OC)cc2C[C@@H]1C. The summed E-state index contributed by atoms with van der Waals surface area (Å²) in [7, 11) is 1.83. The van der Waals surface area contributed by atoms with E-state index in [1.807, 2.05) is 43.3 Å². The summed E-state index contributed by atoms with van der Waals surface area (Å²) in [5.41, 5.74) is 4.35. The third kappa shape index (κ3) is 3.71. The van der Waals surface area contributed by atoms with Crippen LogP contribution < -0.4 is 19.7 Å². The molecule has 5 rings (SSSR count). The molecule has 3 aliphatic rings. The van der Waals surface area contributed by atoms with Gasteiger partial charge < -0.3 is 19.7 Å². The number of fused-ring (bicyclic) bond motifs is 1. The molecule has 0 aromatic heterocycles. The molecule has 3 heterocycles. The molecule has 2 aromatic carbocycles. The van der Waals surface area contributed by atoms with Crippen molar-refractivity contribution in [1.82, 2.24) is 10.3 Å². The molecule has 2 fully saturated rings. The topological polar surface area (TPSA) is 101 Å². The summed E-state index contributed by atoms with van der Waals surface area (Å²) in [6.07, 6.45) is 1.34. The second-order valence-corrected chi connectivity index (χ2v) is 11.9. The highest BCUT2D eigenvalue weighted by atomic mass is 32.2. The Labute approximate surface area is 205 Å². The Morgan fingerprint density at radius 1 is 1.11 bits per heavy atom. The second-order valence-electron chi connectivity index (χ2n) is 9.42. The summed E-state index contributed by atoms with van der Waals surface area (Å²) in [6, 6.07) is 11.3. The molecule has 1 spiro atoms. The van der Waals surface area contributed by atoms with Crippen molar-refractivity contribution in [3.63, 3.8) is 0 Å². The molecule has 2 amide bonds. The molecule has 0 aliphatic carbocycles. The van der Waals surface area contributed by atoms with Gasteiger partial charge in [-0.05, 0) is 49.6 Å². The van der Waals surface area contributed by atoms with E-state index in [9.17, 15) is 13.2 Å². The summed E-state index contributed by atoms with van der Waals surface area (Å²) >= 11 is 0. The number of hydrazone groups is 1. The molecule has 35 heavy (non-hydrogen) atoms. The maximum Gasteiger partial charge on any atom is 0.337 e. The number of hydrogen-bond acceptors (Lipinski definition) is 7. The highest BCUT2D eigenvalue weighted by Gasteiger charge is 2.59. The Hall–Kier alpha value is -3.27. The van der Waals surface area contributed by atoms with Crippen LogP contribution in [0.1, 0.15) is 30.0 Å². The number of carbonyl (C=O) groups excluding carboxylic acids is 1. The van der Waals surface area contributed by atoms with Crippen molar-refractivity contribution in [2.24, 2.45) is 5.10 Å². The summed E-state index contributed by atoms with van der Waals surface area (Å²) in [4.78, 5) is 14.7. The molecule has 2 saturated heterocycles. The van der Waals surface area contributed by atoms with Crippen molar-refractivity contribution in [2.75, 3.05) is 45.0 Å². The highest BCUT2D eigenvalue weighted by molar-refractivity contribution is 7.94. The van der Waals surface area contributed by atoms with Gasteiger partial charge in [-0.25, -0.2) is 18.2 Å². The molecular weight excluding hydrogens is 468 g/mol. The fourth-order valence-corrected chi connectivity index (χ4v) is 6.94. The second kappa shape index (κ2) is 8.44. The predicted molar refractivity (Wildman–Crippen MR) is 134 cm³/mol. The Morgan fingerprint density at radius 2 is 1.77 bits per heavy atom. The van der Waals surface area contributed by atoms with Crippen LogP contribution in [0.3, 0.4) is 0 Å². The van der Waals surface area contributed by atoms with Crippen molar-refractivity contribution in [3.8, 4) is 11.5 Å². The maximum absolute atomic E-state index is 12.6. The number of hydrogen-bond donors (Lipinski definition) is 1. The first kappa shape index (κ1) is 23.5. The average molecular weight is 499 g/mol. The highest BCUT2D eigenvalue weighted by Crippen LogP contribution is 2.44. The first-order valence-corrected chi connectivity index (χ1v) is 13.3. The van der Waals surface area contributed by atoms with E-state index in [0.717, 1.165) is 28.8 Å². The van der Waals surface area contributed by atoms with Crippen molar-refractivity contribution in [1.29, 1.82) is 0 Å². The standard InChI is InChI=1S/C25H30N4O5S/c1-16-11-18-12-21(33-3)22(34-4)13-20(18)23(27-29(16)24(30)26-2)17-5-7-19(8-6-17)28-14-25(15-28)9-10-35(25,31)32/h5-8,12-13,16H,9-11,14-15H2,1-4H3,(H,26,30)/t16-/m0/s1. The molecule has 186 valence electrons. The first-order chi connectivity index (χ1) is 16.7. The maximum atomic E-state index is 12.6. The van der Waals surface area contributed by atoms with Crippen LogP contribution in [0.4, 0.5) is 10.5 Å². The Morgan fingerprint density at radius 3 is 2.31 bits per heavy atom. The zero-order chi connectivity index (χ0) is 25.0. The van der Waals surface area contributed by atoms with E-state index in [1.54, 1.807) is 21.3 Å². The van der Waals surface area contributed by atoms with Gasteiger partial charge in [-0.1, -0.05) is 12.1 Å². The van der Waals surface area contributed by atoms with Crippen LogP contribution in [-0.2, 0) is 16.3 Å². The van der Waals surface area contributed by atoms with Gasteiger partial charge in [-0.2, -0.15) is 5.10 Å². The Balaban J connectivity index is 1.52. The zero-order valence-electron chi connectivity index (χ0n) is 20.4. The van der Waals surface area contributed by atoms with Gasteiger partial charge in [-0.3, -0.25) is 0 Å². The van der Waals surface area contributed by atoms with Crippen molar-refractivity contribution in [2.45, 2.75) is 30.6 Å². The lowest BCUT2D eigenvalue weighted by Crippen LogP contribution is -2.72. The van der Waals surface area contributed by atoms with E-state index < -0.39 is 14.6 Å². The molecule has 3 aliphatic heterocycles. The van der Waals surface area contributed by atoms with Gasteiger partial charge in [0.15, 0.2) is 21.3 Å². The minimum absolute atomic E-state index is 0.176.